The number of halogens is 1. The van der Waals surface area contributed by atoms with E-state index in [0.717, 1.165) is 9.13 Å². The number of hydrogen-bond donors (Lipinski definition) is 2. The molecule has 1 heterocycles. The smallest absolute Gasteiger partial charge is 0.330 e. The van der Waals surface area contributed by atoms with Crippen molar-refractivity contribution in [2.45, 2.75) is 32.0 Å². The number of hydrogen-bond acceptors (Lipinski definition) is 3. The summed E-state index contributed by atoms with van der Waals surface area (Å²) in [6, 6.07) is 9.26. The second kappa shape index (κ2) is 6.57. The highest BCUT2D eigenvalue weighted by Gasteiger charge is 2.41. The maximum Gasteiger partial charge on any atom is 0.330 e. The molecule has 5 nitrogen and oxygen atoms in total. The Morgan fingerprint density at radius 3 is 2.57 bits per heavy atom. The van der Waals surface area contributed by atoms with Crippen LogP contribution in [-0.4, -0.2) is 26.9 Å². The SMILES string of the molecule is CC(C)NC(Cn1cc(I)cn1)(C(=O)O)c1ccccc1. The topological polar surface area (TPSA) is 67.2 Å². The second-order valence-corrected chi connectivity index (χ2v) is 6.48. The predicted octanol–water partition coefficient (Wildman–Crippen LogP) is 2.47. The molecule has 0 saturated heterocycles. The van der Waals surface area contributed by atoms with Gasteiger partial charge in [-0.3, -0.25) is 10.00 Å². The van der Waals surface area contributed by atoms with Crippen molar-refractivity contribution in [2.24, 2.45) is 0 Å². The zero-order valence-corrected chi connectivity index (χ0v) is 14.1. The van der Waals surface area contributed by atoms with Crippen LogP contribution in [0.1, 0.15) is 19.4 Å². The van der Waals surface area contributed by atoms with Crippen molar-refractivity contribution in [3.63, 3.8) is 0 Å². The van der Waals surface area contributed by atoms with Gasteiger partial charge in [0, 0.05) is 12.2 Å². The first kappa shape index (κ1) is 16.0. The summed E-state index contributed by atoms with van der Waals surface area (Å²) in [5.74, 6) is -0.909. The first-order valence-electron chi connectivity index (χ1n) is 6.68. The number of nitrogens with zero attached hydrogens (tertiary/aromatic N) is 2. The molecular weight excluding hydrogens is 381 g/mol. The Morgan fingerprint density at radius 2 is 2.10 bits per heavy atom. The molecule has 0 bridgehead atoms. The predicted molar refractivity (Wildman–Crippen MR) is 89.0 cm³/mol. The maximum atomic E-state index is 12.1. The molecule has 0 radical (unpaired) electrons. The quantitative estimate of drug-likeness (QED) is 0.733. The molecule has 112 valence electrons. The number of aliphatic carboxylic acids is 1. The first-order valence-corrected chi connectivity index (χ1v) is 7.76. The van der Waals surface area contributed by atoms with E-state index in [0.29, 0.717) is 0 Å². The molecular formula is C15H18IN3O2. The van der Waals surface area contributed by atoms with Gasteiger partial charge in [0.25, 0.3) is 0 Å². The van der Waals surface area contributed by atoms with E-state index in [4.69, 9.17) is 0 Å². The standard InChI is InChI=1S/C15H18IN3O2/c1-11(2)18-15(14(20)21,12-6-4-3-5-7-12)10-19-9-13(16)8-17-19/h3-9,11,18H,10H2,1-2H3,(H,20,21). The fraction of sp³-hybridized carbons (Fsp3) is 0.333. The maximum absolute atomic E-state index is 12.1. The van der Waals surface area contributed by atoms with E-state index in [9.17, 15) is 9.90 Å². The fourth-order valence-corrected chi connectivity index (χ4v) is 2.80. The third-order valence-corrected chi connectivity index (χ3v) is 3.72. The second-order valence-electron chi connectivity index (χ2n) is 5.23. The van der Waals surface area contributed by atoms with Gasteiger partial charge in [-0.25, -0.2) is 4.79 Å². The van der Waals surface area contributed by atoms with E-state index in [2.05, 4.69) is 33.0 Å². The zero-order valence-electron chi connectivity index (χ0n) is 12.0. The lowest BCUT2D eigenvalue weighted by Gasteiger charge is -2.33. The van der Waals surface area contributed by atoms with Gasteiger partial charge in [0.15, 0.2) is 5.54 Å². The highest BCUT2D eigenvalue weighted by atomic mass is 127. The Morgan fingerprint density at radius 1 is 1.43 bits per heavy atom. The van der Waals surface area contributed by atoms with Crippen LogP contribution in [0.25, 0.3) is 0 Å². The molecule has 6 heteroatoms. The van der Waals surface area contributed by atoms with E-state index in [1.54, 1.807) is 10.9 Å². The molecule has 0 saturated carbocycles. The highest BCUT2D eigenvalue weighted by Crippen LogP contribution is 2.25. The largest absolute Gasteiger partial charge is 0.480 e. The monoisotopic (exact) mass is 399 g/mol. The normalized spacial score (nSPS) is 14.1. The van der Waals surface area contributed by atoms with Crippen LogP contribution < -0.4 is 5.32 Å². The highest BCUT2D eigenvalue weighted by molar-refractivity contribution is 14.1. The lowest BCUT2D eigenvalue weighted by atomic mass is 9.89. The van der Waals surface area contributed by atoms with Crippen LogP contribution in [-0.2, 0) is 16.9 Å². The van der Waals surface area contributed by atoms with Crippen molar-refractivity contribution in [1.29, 1.82) is 0 Å². The lowest BCUT2D eigenvalue weighted by Crippen LogP contribution is -2.54. The van der Waals surface area contributed by atoms with Crippen LogP contribution in [0, 0.1) is 3.57 Å². The minimum Gasteiger partial charge on any atom is -0.480 e. The molecule has 1 aromatic carbocycles. The number of carboxylic acid groups (broad SMARTS) is 1. The summed E-state index contributed by atoms with van der Waals surface area (Å²) in [5, 5.41) is 17.3. The molecule has 0 fully saturated rings. The molecule has 2 rings (SSSR count). The Bertz CT molecular complexity index is 612. The van der Waals surface area contributed by atoms with E-state index < -0.39 is 11.5 Å². The number of benzene rings is 1. The third-order valence-electron chi connectivity index (χ3n) is 3.17. The fourth-order valence-electron chi connectivity index (χ4n) is 2.36. The van der Waals surface area contributed by atoms with E-state index in [-0.39, 0.29) is 12.6 Å². The van der Waals surface area contributed by atoms with Crippen molar-refractivity contribution in [3.8, 4) is 0 Å². The van der Waals surface area contributed by atoms with Crippen LogP contribution in [0.4, 0.5) is 0 Å². The number of aromatic nitrogens is 2. The molecule has 1 atom stereocenters. The summed E-state index contributed by atoms with van der Waals surface area (Å²) in [7, 11) is 0. The Balaban J connectivity index is 2.48. The minimum absolute atomic E-state index is 0.0240. The van der Waals surface area contributed by atoms with Crippen molar-refractivity contribution < 1.29 is 9.90 Å². The van der Waals surface area contributed by atoms with Gasteiger partial charge >= 0.3 is 5.97 Å². The number of carboxylic acids is 1. The van der Waals surface area contributed by atoms with Gasteiger partial charge in [-0.15, -0.1) is 0 Å². The molecule has 0 aliphatic heterocycles. The van der Waals surface area contributed by atoms with E-state index in [1.807, 2.05) is 50.4 Å². The summed E-state index contributed by atoms with van der Waals surface area (Å²) >= 11 is 2.16. The average Bonchev–Trinajstić information content (AvgIpc) is 2.83. The van der Waals surface area contributed by atoms with Crippen molar-refractivity contribution in [2.75, 3.05) is 0 Å². The third kappa shape index (κ3) is 3.62. The van der Waals surface area contributed by atoms with Gasteiger partial charge in [0.1, 0.15) is 0 Å². The van der Waals surface area contributed by atoms with Crippen LogP contribution in [0.3, 0.4) is 0 Å². The van der Waals surface area contributed by atoms with Gasteiger partial charge in [-0.1, -0.05) is 30.3 Å². The molecule has 0 spiro atoms. The van der Waals surface area contributed by atoms with Gasteiger partial charge in [-0.05, 0) is 42.0 Å². The Hall–Kier alpha value is -1.41. The number of rotatable bonds is 6. The summed E-state index contributed by atoms with van der Waals surface area (Å²) in [6.45, 7) is 4.11. The van der Waals surface area contributed by atoms with E-state index in [1.165, 1.54) is 0 Å². The van der Waals surface area contributed by atoms with Crippen LogP contribution in [0.15, 0.2) is 42.7 Å². The molecule has 2 N–H and O–H groups in total. The van der Waals surface area contributed by atoms with E-state index >= 15 is 0 Å². The summed E-state index contributed by atoms with van der Waals surface area (Å²) in [6.07, 6.45) is 3.55. The van der Waals surface area contributed by atoms with Gasteiger partial charge in [-0.2, -0.15) is 5.10 Å². The molecule has 0 aliphatic carbocycles. The van der Waals surface area contributed by atoms with Crippen molar-refractivity contribution in [3.05, 3.63) is 51.9 Å². The summed E-state index contributed by atoms with van der Waals surface area (Å²) < 4.78 is 2.64. The molecule has 1 aromatic heterocycles. The van der Waals surface area contributed by atoms with Gasteiger partial charge < -0.3 is 5.11 Å². The van der Waals surface area contributed by atoms with Crippen molar-refractivity contribution >= 4 is 28.6 Å². The zero-order chi connectivity index (χ0) is 15.5. The Kier molecular flexibility index (Phi) is 5.00. The number of carbonyl (C=O) groups is 1. The summed E-state index contributed by atoms with van der Waals surface area (Å²) in [5.41, 5.74) is -0.485. The van der Waals surface area contributed by atoms with Gasteiger partial charge in [0.2, 0.25) is 0 Å². The van der Waals surface area contributed by atoms with Gasteiger partial charge in [0.05, 0.1) is 16.3 Å². The van der Waals surface area contributed by atoms with Crippen LogP contribution in [0.2, 0.25) is 0 Å². The number of nitrogens with one attached hydrogen (secondary N) is 1. The molecule has 1 unspecified atom stereocenters. The Labute approximate surface area is 137 Å². The van der Waals surface area contributed by atoms with Crippen molar-refractivity contribution in [1.82, 2.24) is 15.1 Å². The minimum atomic E-state index is -1.20. The van der Waals surface area contributed by atoms with Crippen LogP contribution in [0.5, 0.6) is 0 Å². The average molecular weight is 399 g/mol. The first-order chi connectivity index (χ1) is 9.94. The molecule has 0 amide bonds. The van der Waals surface area contributed by atoms with Crippen LogP contribution >= 0.6 is 22.6 Å². The molecule has 2 aromatic rings. The molecule has 0 aliphatic rings. The summed E-state index contributed by atoms with van der Waals surface area (Å²) in [4.78, 5) is 12.1. The molecule has 21 heavy (non-hydrogen) atoms. The lowest BCUT2D eigenvalue weighted by molar-refractivity contribution is -0.146.